The molecular formula is C19H25Cl2N3O4. The minimum absolute atomic E-state index is 0.0293. The van der Waals surface area contributed by atoms with Gasteiger partial charge in [-0.1, -0.05) is 23.2 Å². The Labute approximate surface area is 174 Å². The molecule has 1 fully saturated rings. The summed E-state index contributed by atoms with van der Waals surface area (Å²) in [5.74, 6) is -0.612. The summed E-state index contributed by atoms with van der Waals surface area (Å²) in [5.41, 5.74) is 0.392. The van der Waals surface area contributed by atoms with E-state index in [-0.39, 0.29) is 30.6 Å². The van der Waals surface area contributed by atoms with Crippen LogP contribution in [0.4, 0.5) is 0 Å². The zero-order valence-corrected chi connectivity index (χ0v) is 17.4. The second-order valence-electron chi connectivity index (χ2n) is 6.41. The van der Waals surface area contributed by atoms with Gasteiger partial charge in [0.2, 0.25) is 5.91 Å². The van der Waals surface area contributed by atoms with E-state index in [0.717, 1.165) is 13.1 Å². The molecule has 0 bridgehead atoms. The Balaban J connectivity index is 1.66. The van der Waals surface area contributed by atoms with Gasteiger partial charge in [-0.15, -0.1) is 0 Å². The molecule has 0 aliphatic carbocycles. The lowest BCUT2D eigenvalue weighted by Gasteiger charge is -2.34. The van der Waals surface area contributed by atoms with E-state index in [1.54, 1.807) is 24.0 Å². The predicted octanol–water partition coefficient (Wildman–Crippen LogP) is 2.21. The van der Waals surface area contributed by atoms with Crippen molar-refractivity contribution in [2.24, 2.45) is 0 Å². The summed E-state index contributed by atoms with van der Waals surface area (Å²) in [7, 11) is 0. The van der Waals surface area contributed by atoms with Crippen LogP contribution in [0.3, 0.4) is 0 Å². The van der Waals surface area contributed by atoms with Gasteiger partial charge in [0.1, 0.15) is 0 Å². The summed E-state index contributed by atoms with van der Waals surface area (Å²) < 4.78 is 4.84. The Bertz CT molecular complexity index is 706. The van der Waals surface area contributed by atoms with E-state index in [9.17, 15) is 14.4 Å². The zero-order chi connectivity index (χ0) is 20.5. The molecule has 0 unspecified atom stereocenters. The third-order valence-corrected chi connectivity index (χ3v) is 5.01. The Morgan fingerprint density at radius 2 is 1.82 bits per heavy atom. The van der Waals surface area contributed by atoms with Crippen molar-refractivity contribution in [3.63, 3.8) is 0 Å². The lowest BCUT2D eigenvalue weighted by atomic mass is 10.2. The summed E-state index contributed by atoms with van der Waals surface area (Å²) >= 11 is 11.9. The van der Waals surface area contributed by atoms with Crippen LogP contribution in [-0.2, 0) is 14.3 Å². The molecule has 0 saturated carbocycles. The predicted molar refractivity (Wildman–Crippen MR) is 108 cm³/mol. The fraction of sp³-hybridized carbons (Fsp3) is 0.526. The van der Waals surface area contributed by atoms with E-state index < -0.39 is 0 Å². The molecule has 2 amide bonds. The first kappa shape index (κ1) is 22.5. The number of carbonyl (C=O) groups is 3. The standard InChI is InChI=1S/C19H25Cl2N3O4/c1-2-28-18(26)6-5-17(25)24-11-9-23(10-12-24)8-7-22-19(27)15-4-3-14(20)13-16(15)21/h3-4,13H,2,5-12H2,1H3,(H,22,27). The summed E-state index contributed by atoms with van der Waals surface area (Å²) in [6, 6.07) is 4.76. The fourth-order valence-corrected chi connectivity index (χ4v) is 3.41. The monoisotopic (exact) mass is 429 g/mol. The van der Waals surface area contributed by atoms with Gasteiger partial charge in [-0.2, -0.15) is 0 Å². The molecule has 1 aliphatic rings. The van der Waals surface area contributed by atoms with Gasteiger partial charge in [0.15, 0.2) is 0 Å². The normalized spacial score (nSPS) is 14.6. The van der Waals surface area contributed by atoms with Crippen LogP contribution >= 0.6 is 23.2 Å². The minimum atomic E-state index is -0.342. The van der Waals surface area contributed by atoms with Crippen LogP contribution < -0.4 is 5.32 Å². The van der Waals surface area contributed by atoms with Gasteiger partial charge >= 0.3 is 5.97 Å². The molecule has 28 heavy (non-hydrogen) atoms. The molecule has 0 radical (unpaired) electrons. The molecule has 1 aliphatic heterocycles. The molecule has 1 aromatic rings. The Morgan fingerprint density at radius 1 is 1.11 bits per heavy atom. The molecule has 1 saturated heterocycles. The molecule has 0 aromatic heterocycles. The number of nitrogens with one attached hydrogen (secondary N) is 1. The van der Waals surface area contributed by atoms with Crippen molar-refractivity contribution in [3.05, 3.63) is 33.8 Å². The van der Waals surface area contributed by atoms with E-state index in [4.69, 9.17) is 27.9 Å². The van der Waals surface area contributed by atoms with Gasteiger partial charge in [0.05, 0.1) is 23.6 Å². The Hall–Kier alpha value is -1.83. The Morgan fingerprint density at radius 3 is 2.46 bits per heavy atom. The number of hydrogen-bond acceptors (Lipinski definition) is 5. The van der Waals surface area contributed by atoms with E-state index >= 15 is 0 Å². The van der Waals surface area contributed by atoms with Crippen molar-refractivity contribution < 1.29 is 19.1 Å². The summed E-state index contributed by atoms with van der Waals surface area (Å²) in [5, 5.41) is 3.65. The number of esters is 1. The summed E-state index contributed by atoms with van der Waals surface area (Å²) in [4.78, 5) is 39.6. The number of hydrogen-bond donors (Lipinski definition) is 1. The SMILES string of the molecule is CCOC(=O)CCC(=O)N1CCN(CCNC(=O)c2ccc(Cl)cc2Cl)CC1. The van der Waals surface area contributed by atoms with Crippen LogP contribution in [0.2, 0.25) is 10.0 Å². The molecule has 2 rings (SSSR count). The third-order valence-electron chi connectivity index (χ3n) is 4.46. The van der Waals surface area contributed by atoms with Gasteiger partial charge < -0.3 is 15.0 Å². The van der Waals surface area contributed by atoms with E-state index in [1.165, 1.54) is 6.07 Å². The lowest BCUT2D eigenvalue weighted by molar-refractivity contribution is -0.146. The molecule has 1 N–H and O–H groups in total. The second kappa shape index (κ2) is 11.2. The maximum Gasteiger partial charge on any atom is 0.306 e. The van der Waals surface area contributed by atoms with Gasteiger partial charge in [-0.25, -0.2) is 0 Å². The van der Waals surface area contributed by atoms with Gasteiger partial charge in [0.25, 0.3) is 5.91 Å². The number of carbonyl (C=O) groups excluding carboxylic acids is 3. The lowest BCUT2D eigenvalue weighted by Crippen LogP contribution is -2.50. The first-order valence-electron chi connectivity index (χ1n) is 9.29. The molecular weight excluding hydrogens is 405 g/mol. The molecule has 7 nitrogen and oxygen atoms in total. The van der Waals surface area contributed by atoms with E-state index in [0.29, 0.717) is 48.4 Å². The average Bonchev–Trinajstić information content (AvgIpc) is 2.66. The van der Waals surface area contributed by atoms with Crippen LogP contribution in [0.15, 0.2) is 18.2 Å². The van der Waals surface area contributed by atoms with Crippen LogP contribution in [0, 0.1) is 0 Å². The van der Waals surface area contributed by atoms with Crippen molar-refractivity contribution in [3.8, 4) is 0 Å². The van der Waals surface area contributed by atoms with Crippen LogP contribution in [-0.4, -0.2) is 73.5 Å². The molecule has 0 spiro atoms. The fourth-order valence-electron chi connectivity index (χ4n) is 2.92. The third kappa shape index (κ3) is 6.96. The molecule has 0 atom stereocenters. The second-order valence-corrected chi connectivity index (χ2v) is 7.25. The number of nitrogens with zero attached hydrogens (tertiary/aromatic N) is 2. The van der Waals surface area contributed by atoms with Crippen LogP contribution in [0.25, 0.3) is 0 Å². The van der Waals surface area contributed by atoms with E-state index in [1.807, 2.05) is 0 Å². The summed E-state index contributed by atoms with van der Waals surface area (Å²) in [6.45, 7) is 5.90. The number of halogens is 2. The minimum Gasteiger partial charge on any atom is -0.466 e. The van der Waals surface area contributed by atoms with Gasteiger partial charge in [-0.05, 0) is 25.1 Å². The van der Waals surface area contributed by atoms with Crippen molar-refractivity contribution >= 4 is 41.0 Å². The topological polar surface area (TPSA) is 79.0 Å². The first-order valence-corrected chi connectivity index (χ1v) is 10.0. The highest BCUT2D eigenvalue weighted by molar-refractivity contribution is 6.36. The zero-order valence-electron chi connectivity index (χ0n) is 15.9. The average molecular weight is 430 g/mol. The van der Waals surface area contributed by atoms with Crippen molar-refractivity contribution in [1.82, 2.24) is 15.1 Å². The highest BCUT2D eigenvalue weighted by atomic mass is 35.5. The maximum absolute atomic E-state index is 12.2. The first-order chi connectivity index (χ1) is 13.4. The van der Waals surface area contributed by atoms with Crippen molar-refractivity contribution in [2.45, 2.75) is 19.8 Å². The van der Waals surface area contributed by atoms with Gasteiger partial charge in [-0.3, -0.25) is 19.3 Å². The van der Waals surface area contributed by atoms with Crippen LogP contribution in [0.1, 0.15) is 30.1 Å². The molecule has 9 heteroatoms. The number of piperazine rings is 1. The van der Waals surface area contributed by atoms with Crippen molar-refractivity contribution in [1.29, 1.82) is 0 Å². The highest BCUT2D eigenvalue weighted by Crippen LogP contribution is 2.20. The number of amides is 2. The number of rotatable bonds is 8. The van der Waals surface area contributed by atoms with Gasteiger partial charge in [0, 0.05) is 50.7 Å². The quantitative estimate of drug-likeness (QED) is 0.640. The van der Waals surface area contributed by atoms with Crippen molar-refractivity contribution in [2.75, 3.05) is 45.9 Å². The molecule has 1 heterocycles. The molecule has 154 valence electrons. The molecule has 1 aromatic carbocycles. The highest BCUT2D eigenvalue weighted by Gasteiger charge is 2.21. The smallest absolute Gasteiger partial charge is 0.306 e. The largest absolute Gasteiger partial charge is 0.466 e. The Kier molecular flexibility index (Phi) is 9.02. The van der Waals surface area contributed by atoms with Crippen LogP contribution in [0.5, 0.6) is 0 Å². The summed E-state index contributed by atoms with van der Waals surface area (Å²) in [6.07, 6.45) is 0.295. The number of ether oxygens (including phenoxy) is 1. The number of benzene rings is 1. The van der Waals surface area contributed by atoms with E-state index in [2.05, 4.69) is 10.2 Å². The maximum atomic E-state index is 12.2.